The second-order valence-electron chi connectivity index (χ2n) is 5.60. The minimum absolute atomic E-state index is 0.0773. The van der Waals surface area contributed by atoms with Crippen LogP contribution >= 0.6 is 0 Å². The Morgan fingerprint density at radius 3 is 2.18 bits per heavy atom. The molecule has 0 aromatic heterocycles. The summed E-state index contributed by atoms with van der Waals surface area (Å²) in [6, 6.07) is 0. The SMILES string of the molecule is CCCC(=O)CCCCC(C(=O)CCCCCN)S(=O)(=O)O. The highest BCUT2D eigenvalue weighted by Crippen LogP contribution is 2.15. The van der Waals surface area contributed by atoms with E-state index < -0.39 is 21.2 Å². The monoisotopic (exact) mass is 335 g/mol. The number of hydrogen-bond acceptors (Lipinski definition) is 5. The summed E-state index contributed by atoms with van der Waals surface area (Å²) in [7, 11) is -4.38. The van der Waals surface area contributed by atoms with E-state index in [4.69, 9.17) is 5.73 Å². The second-order valence-corrected chi connectivity index (χ2v) is 7.20. The van der Waals surface area contributed by atoms with Crippen LogP contribution < -0.4 is 5.73 Å². The molecule has 0 heterocycles. The molecule has 0 saturated carbocycles. The fourth-order valence-electron chi connectivity index (χ4n) is 2.31. The van der Waals surface area contributed by atoms with Crippen LogP contribution in [0.3, 0.4) is 0 Å². The Bertz CT molecular complexity index is 433. The van der Waals surface area contributed by atoms with Gasteiger partial charge in [-0.1, -0.05) is 19.8 Å². The molecule has 0 spiro atoms. The highest BCUT2D eigenvalue weighted by atomic mass is 32.2. The Hall–Kier alpha value is -0.790. The summed E-state index contributed by atoms with van der Waals surface area (Å²) in [4.78, 5) is 23.3. The molecule has 0 aliphatic rings. The van der Waals surface area contributed by atoms with Crippen LogP contribution in [0.15, 0.2) is 0 Å². The lowest BCUT2D eigenvalue weighted by Gasteiger charge is -2.12. The normalized spacial score (nSPS) is 13.0. The molecule has 22 heavy (non-hydrogen) atoms. The predicted octanol–water partition coefficient (Wildman–Crippen LogP) is 2.26. The molecule has 0 aliphatic carbocycles. The number of rotatable bonds is 14. The van der Waals surface area contributed by atoms with E-state index in [-0.39, 0.29) is 18.6 Å². The van der Waals surface area contributed by atoms with Crippen molar-refractivity contribution in [2.24, 2.45) is 5.73 Å². The average Bonchev–Trinajstić information content (AvgIpc) is 2.42. The van der Waals surface area contributed by atoms with Gasteiger partial charge in [-0.3, -0.25) is 14.1 Å². The molecule has 3 N–H and O–H groups in total. The Balaban J connectivity index is 4.25. The van der Waals surface area contributed by atoms with Gasteiger partial charge in [0.25, 0.3) is 10.1 Å². The fourth-order valence-corrected chi connectivity index (χ4v) is 3.23. The lowest BCUT2D eigenvalue weighted by atomic mass is 10.0. The maximum atomic E-state index is 11.9. The minimum Gasteiger partial charge on any atom is -0.330 e. The molecule has 0 saturated heterocycles. The molecule has 0 fully saturated rings. The van der Waals surface area contributed by atoms with Crippen molar-refractivity contribution in [3.05, 3.63) is 0 Å². The van der Waals surface area contributed by atoms with Crippen molar-refractivity contribution in [2.75, 3.05) is 6.54 Å². The third-order valence-corrected chi connectivity index (χ3v) is 4.76. The molecular formula is C15H29NO5S. The van der Waals surface area contributed by atoms with Gasteiger partial charge in [0, 0.05) is 19.3 Å². The smallest absolute Gasteiger partial charge is 0.274 e. The quantitative estimate of drug-likeness (QED) is 0.372. The number of hydrogen-bond donors (Lipinski definition) is 2. The Morgan fingerprint density at radius 1 is 1.00 bits per heavy atom. The van der Waals surface area contributed by atoms with E-state index in [1.807, 2.05) is 6.92 Å². The number of Topliss-reactive ketones (excluding diaryl/α,β-unsaturated/α-hetero) is 2. The van der Waals surface area contributed by atoms with Crippen LogP contribution in [0.5, 0.6) is 0 Å². The standard InChI is InChI=1S/C15H29NO5S/c1-2-8-13(17)9-5-6-11-15(22(19,20)21)14(18)10-4-3-7-12-16/h15H,2-12,16H2,1H3,(H,19,20,21). The van der Waals surface area contributed by atoms with E-state index in [1.54, 1.807) is 0 Å². The summed E-state index contributed by atoms with van der Waals surface area (Å²) in [6.45, 7) is 2.47. The fraction of sp³-hybridized carbons (Fsp3) is 0.867. The van der Waals surface area contributed by atoms with Gasteiger partial charge in [-0.25, -0.2) is 0 Å². The predicted molar refractivity (Wildman–Crippen MR) is 86.2 cm³/mol. The zero-order valence-electron chi connectivity index (χ0n) is 13.4. The van der Waals surface area contributed by atoms with Gasteiger partial charge < -0.3 is 5.73 Å². The van der Waals surface area contributed by atoms with Crippen LogP contribution in [0.1, 0.15) is 71.1 Å². The number of carbonyl (C=O) groups excluding carboxylic acids is 2. The van der Waals surface area contributed by atoms with Crippen molar-refractivity contribution in [2.45, 2.75) is 76.4 Å². The molecule has 1 unspecified atom stereocenters. The molecule has 0 amide bonds. The van der Waals surface area contributed by atoms with Gasteiger partial charge >= 0.3 is 0 Å². The van der Waals surface area contributed by atoms with Gasteiger partial charge in [0.05, 0.1) is 0 Å². The number of nitrogens with two attached hydrogens (primary N) is 1. The maximum absolute atomic E-state index is 11.9. The molecular weight excluding hydrogens is 306 g/mol. The topological polar surface area (TPSA) is 115 Å². The molecule has 7 heteroatoms. The van der Waals surface area contributed by atoms with Crippen molar-refractivity contribution in [3.63, 3.8) is 0 Å². The molecule has 0 bridgehead atoms. The van der Waals surface area contributed by atoms with Crippen LogP contribution in [-0.4, -0.2) is 36.3 Å². The van der Waals surface area contributed by atoms with Gasteiger partial charge in [-0.05, 0) is 38.6 Å². The molecule has 0 radical (unpaired) electrons. The zero-order valence-corrected chi connectivity index (χ0v) is 14.2. The Kier molecular flexibility index (Phi) is 11.3. The third kappa shape index (κ3) is 10.0. The summed E-state index contributed by atoms with van der Waals surface area (Å²) in [5, 5.41) is -1.35. The van der Waals surface area contributed by atoms with Crippen molar-refractivity contribution in [1.29, 1.82) is 0 Å². The largest absolute Gasteiger partial charge is 0.330 e. The number of ketones is 2. The van der Waals surface area contributed by atoms with Crippen LogP contribution in [0.2, 0.25) is 0 Å². The van der Waals surface area contributed by atoms with Gasteiger partial charge in [-0.15, -0.1) is 0 Å². The lowest BCUT2D eigenvalue weighted by Crippen LogP contribution is -2.30. The Morgan fingerprint density at radius 2 is 1.64 bits per heavy atom. The molecule has 6 nitrogen and oxygen atoms in total. The van der Waals surface area contributed by atoms with Crippen LogP contribution in [0, 0.1) is 0 Å². The summed E-state index contributed by atoms with van der Waals surface area (Å²) in [5.41, 5.74) is 5.35. The van der Waals surface area contributed by atoms with E-state index in [9.17, 15) is 22.6 Å². The van der Waals surface area contributed by atoms with Crippen molar-refractivity contribution < 1.29 is 22.6 Å². The van der Waals surface area contributed by atoms with Gasteiger partial charge in [-0.2, -0.15) is 8.42 Å². The lowest BCUT2D eigenvalue weighted by molar-refractivity contribution is -0.119. The number of carbonyl (C=O) groups is 2. The van der Waals surface area contributed by atoms with E-state index in [2.05, 4.69) is 0 Å². The summed E-state index contributed by atoms with van der Waals surface area (Å²) >= 11 is 0. The molecule has 1 atom stereocenters. The van der Waals surface area contributed by atoms with Crippen LogP contribution in [-0.2, 0) is 19.7 Å². The molecule has 0 aliphatic heterocycles. The maximum Gasteiger partial charge on any atom is 0.274 e. The first-order valence-electron chi connectivity index (χ1n) is 8.03. The molecule has 130 valence electrons. The summed E-state index contributed by atoms with van der Waals surface area (Å²) in [5.74, 6) is -0.293. The van der Waals surface area contributed by atoms with Gasteiger partial charge in [0.2, 0.25) is 0 Å². The highest BCUT2D eigenvalue weighted by molar-refractivity contribution is 7.87. The minimum atomic E-state index is -4.38. The van der Waals surface area contributed by atoms with E-state index in [0.717, 1.165) is 19.3 Å². The Labute approximate surface area is 133 Å². The first kappa shape index (κ1) is 21.2. The first-order valence-corrected chi connectivity index (χ1v) is 9.54. The van der Waals surface area contributed by atoms with Crippen molar-refractivity contribution in [3.8, 4) is 0 Å². The van der Waals surface area contributed by atoms with E-state index >= 15 is 0 Å². The van der Waals surface area contributed by atoms with Crippen LogP contribution in [0.25, 0.3) is 0 Å². The molecule has 0 aromatic rings. The first-order chi connectivity index (χ1) is 10.3. The third-order valence-electron chi connectivity index (χ3n) is 3.55. The number of unbranched alkanes of at least 4 members (excludes halogenated alkanes) is 3. The second kappa shape index (κ2) is 11.7. The summed E-state index contributed by atoms with van der Waals surface area (Å²) < 4.78 is 31.9. The van der Waals surface area contributed by atoms with Gasteiger partial charge in [0.1, 0.15) is 11.0 Å². The molecule has 0 aromatic carbocycles. The van der Waals surface area contributed by atoms with E-state index in [1.165, 1.54) is 0 Å². The highest BCUT2D eigenvalue weighted by Gasteiger charge is 2.29. The van der Waals surface area contributed by atoms with Crippen LogP contribution in [0.4, 0.5) is 0 Å². The van der Waals surface area contributed by atoms with Crippen molar-refractivity contribution >= 4 is 21.7 Å². The average molecular weight is 335 g/mol. The van der Waals surface area contributed by atoms with Gasteiger partial charge in [0.15, 0.2) is 5.78 Å². The summed E-state index contributed by atoms with van der Waals surface area (Å²) in [6.07, 6.45) is 5.07. The molecule has 0 rings (SSSR count). The van der Waals surface area contributed by atoms with E-state index in [0.29, 0.717) is 38.6 Å². The van der Waals surface area contributed by atoms with Crippen molar-refractivity contribution in [1.82, 2.24) is 0 Å². The zero-order chi connectivity index (χ0) is 17.0.